The van der Waals surface area contributed by atoms with Gasteiger partial charge in [-0.15, -0.1) is 0 Å². The van der Waals surface area contributed by atoms with Gasteiger partial charge in [-0.3, -0.25) is 14.4 Å². The lowest BCUT2D eigenvalue weighted by molar-refractivity contribution is -0.138. The molecule has 1 aromatic carbocycles. The van der Waals surface area contributed by atoms with Crippen LogP contribution in [0.4, 0.5) is 10.1 Å². The van der Waals surface area contributed by atoms with Gasteiger partial charge in [0.05, 0.1) is 5.69 Å². The summed E-state index contributed by atoms with van der Waals surface area (Å²) >= 11 is 0. The summed E-state index contributed by atoms with van der Waals surface area (Å²) in [7, 11) is 2.00. The van der Waals surface area contributed by atoms with E-state index in [1.54, 1.807) is 24.8 Å². The van der Waals surface area contributed by atoms with Gasteiger partial charge in [-0.2, -0.15) is 0 Å². The number of amides is 3. The molecule has 7 nitrogen and oxygen atoms in total. The first kappa shape index (κ1) is 21.8. The van der Waals surface area contributed by atoms with Gasteiger partial charge in [0, 0.05) is 45.4 Å². The molecular formula is C20H29FN4O3. The molecule has 1 fully saturated rings. The van der Waals surface area contributed by atoms with Crippen molar-refractivity contribution in [2.75, 3.05) is 38.5 Å². The largest absolute Gasteiger partial charge is 0.344 e. The number of rotatable bonds is 6. The number of nitrogens with zero attached hydrogens (tertiary/aromatic N) is 2. The molecule has 0 aliphatic carbocycles. The van der Waals surface area contributed by atoms with Crippen LogP contribution in [0.3, 0.4) is 0 Å². The van der Waals surface area contributed by atoms with Crippen molar-refractivity contribution in [1.29, 1.82) is 0 Å². The molecule has 2 N–H and O–H groups in total. The van der Waals surface area contributed by atoms with Gasteiger partial charge in [0.1, 0.15) is 11.9 Å². The van der Waals surface area contributed by atoms with Gasteiger partial charge in [0.25, 0.3) is 0 Å². The van der Waals surface area contributed by atoms with Crippen LogP contribution in [0.5, 0.6) is 0 Å². The van der Waals surface area contributed by atoms with Crippen LogP contribution in [0.1, 0.15) is 38.7 Å². The van der Waals surface area contributed by atoms with Crippen molar-refractivity contribution in [2.45, 2.75) is 39.2 Å². The molecule has 28 heavy (non-hydrogen) atoms. The average Bonchev–Trinajstić information content (AvgIpc) is 2.66. The van der Waals surface area contributed by atoms with E-state index in [0.29, 0.717) is 18.7 Å². The zero-order chi connectivity index (χ0) is 20.8. The fraction of sp³-hybridized carbons (Fsp3) is 0.550. The molecule has 8 heteroatoms. The molecule has 1 saturated heterocycles. The maximum absolute atomic E-state index is 14.4. The van der Waals surface area contributed by atoms with Gasteiger partial charge in [0.2, 0.25) is 17.7 Å². The van der Waals surface area contributed by atoms with E-state index < -0.39 is 17.8 Å². The predicted molar refractivity (Wildman–Crippen MR) is 105 cm³/mol. The topological polar surface area (TPSA) is 81.8 Å². The van der Waals surface area contributed by atoms with Gasteiger partial charge in [-0.25, -0.2) is 4.39 Å². The fourth-order valence-electron chi connectivity index (χ4n) is 3.20. The summed E-state index contributed by atoms with van der Waals surface area (Å²) in [5.74, 6) is -1.75. The third kappa shape index (κ3) is 5.51. The molecular weight excluding hydrogens is 363 g/mol. The third-order valence-electron chi connectivity index (χ3n) is 5.05. The molecule has 154 valence electrons. The normalized spacial score (nSPS) is 17.0. The predicted octanol–water partition coefficient (Wildman–Crippen LogP) is 1.56. The van der Waals surface area contributed by atoms with Crippen molar-refractivity contribution in [3.8, 4) is 0 Å². The van der Waals surface area contributed by atoms with Crippen molar-refractivity contribution in [1.82, 2.24) is 15.1 Å². The Hall–Kier alpha value is -2.48. The number of halogens is 1. The van der Waals surface area contributed by atoms with Crippen LogP contribution in [0, 0.1) is 5.82 Å². The summed E-state index contributed by atoms with van der Waals surface area (Å²) in [5, 5.41) is 5.23. The maximum Gasteiger partial charge on any atom is 0.245 e. The molecule has 1 aromatic rings. The Bertz CT molecular complexity index is 732. The number of hydrogen-bond acceptors (Lipinski definition) is 4. The maximum atomic E-state index is 14.4. The van der Waals surface area contributed by atoms with E-state index in [4.69, 9.17) is 0 Å². The first-order valence-corrected chi connectivity index (χ1v) is 9.56. The lowest BCUT2D eigenvalue weighted by atomic mass is 9.91. The Kier molecular flexibility index (Phi) is 7.51. The lowest BCUT2D eigenvalue weighted by Crippen LogP contribution is -2.55. The minimum atomic E-state index is -0.776. The van der Waals surface area contributed by atoms with E-state index in [9.17, 15) is 18.8 Å². The summed E-state index contributed by atoms with van der Waals surface area (Å²) < 4.78 is 14.4. The minimum Gasteiger partial charge on any atom is -0.344 e. The van der Waals surface area contributed by atoms with Crippen LogP contribution in [0.2, 0.25) is 0 Å². The summed E-state index contributed by atoms with van der Waals surface area (Å²) in [6.45, 7) is 7.55. The lowest BCUT2D eigenvalue weighted by Gasteiger charge is -2.36. The zero-order valence-electron chi connectivity index (χ0n) is 16.9. The Morgan fingerprint density at radius 1 is 1.18 bits per heavy atom. The smallest absolute Gasteiger partial charge is 0.245 e. The molecule has 2 rings (SSSR count). The Balaban J connectivity index is 2.24. The molecule has 0 bridgehead atoms. The second kappa shape index (κ2) is 9.64. The summed E-state index contributed by atoms with van der Waals surface area (Å²) in [5.41, 5.74) is 0.665. The van der Waals surface area contributed by atoms with E-state index in [1.165, 1.54) is 19.1 Å². The van der Waals surface area contributed by atoms with Crippen LogP contribution in [0.25, 0.3) is 0 Å². The number of anilines is 1. The van der Waals surface area contributed by atoms with Gasteiger partial charge in [0.15, 0.2) is 0 Å². The second-order valence-electron chi connectivity index (χ2n) is 7.24. The van der Waals surface area contributed by atoms with Crippen LogP contribution in [-0.4, -0.2) is 66.8 Å². The van der Waals surface area contributed by atoms with Gasteiger partial charge < -0.3 is 20.4 Å². The molecule has 0 saturated carbocycles. The monoisotopic (exact) mass is 392 g/mol. The quantitative estimate of drug-likeness (QED) is 0.770. The first-order valence-electron chi connectivity index (χ1n) is 9.56. The van der Waals surface area contributed by atoms with E-state index in [2.05, 4.69) is 15.5 Å². The zero-order valence-corrected chi connectivity index (χ0v) is 16.9. The summed E-state index contributed by atoms with van der Waals surface area (Å²) in [4.78, 5) is 40.2. The van der Waals surface area contributed by atoms with Crippen molar-refractivity contribution < 1.29 is 18.8 Å². The Labute approximate surface area is 165 Å². The number of nitrogens with one attached hydrogen (secondary N) is 2. The van der Waals surface area contributed by atoms with E-state index >= 15 is 0 Å². The van der Waals surface area contributed by atoms with Gasteiger partial charge in [-0.05, 0) is 24.7 Å². The van der Waals surface area contributed by atoms with E-state index in [-0.39, 0.29) is 29.8 Å². The van der Waals surface area contributed by atoms with E-state index in [0.717, 1.165) is 13.1 Å². The highest BCUT2D eigenvalue weighted by Crippen LogP contribution is 2.25. The van der Waals surface area contributed by atoms with Crippen LogP contribution in [0.15, 0.2) is 18.2 Å². The van der Waals surface area contributed by atoms with Gasteiger partial charge >= 0.3 is 0 Å². The molecule has 1 aliphatic rings. The second-order valence-corrected chi connectivity index (χ2v) is 7.24. The molecule has 0 spiro atoms. The van der Waals surface area contributed by atoms with Crippen molar-refractivity contribution in [3.63, 3.8) is 0 Å². The highest BCUT2D eigenvalue weighted by atomic mass is 19.1. The number of likely N-dealkylation sites (N-methyl/N-ethyl adjacent to an activating group) is 1. The molecule has 1 aliphatic heterocycles. The number of hydrogen-bond donors (Lipinski definition) is 2. The van der Waals surface area contributed by atoms with Crippen LogP contribution < -0.4 is 10.6 Å². The Morgan fingerprint density at radius 3 is 2.36 bits per heavy atom. The number of carbonyl (C=O) groups excluding carboxylic acids is 3. The highest BCUT2D eigenvalue weighted by molar-refractivity contribution is 5.89. The minimum absolute atomic E-state index is 0.0861. The number of carbonyl (C=O) groups is 3. The standard InChI is InChI=1S/C20H29FN4O3/c1-5-18(27)23-19(20(28)25-10-8-24(4)9-11-25)13(2)15-6-7-17(16(21)12-15)22-14(3)26/h6-7,12-13,19H,5,8-11H2,1-4H3,(H,22,26)(H,23,27)/t13-,19+/m0/s1. The summed E-state index contributed by atoms with van der Waals surface area (Å²) in [6, 6.07) is 3.67. The van der Waals surface area contributed by atoms with Gasteiger partial charge in [-0.1, -0.05) is 19.9 Å². The summed E-state index contributed by atoms with van der Waals surface area (Å²) in [6.07, 6.45) is 0.259. The van der Waals surface area contributed by atoms with Crippen LogP contribution >= 0.6 is 0 Å². The molecule has 2 atom stereocenters. The fourth-order valence-corrected chi connectivity index (χ4v) is 3.20. The highest BCUT2D eigenvalue weighted by Gasteiger charge is 2.32. The molecule has 1 heterocycles. The Morgan fingerprint density at radius 2 is 1.82 bits per heavy atom. The average molecular weight is 392 g/mol. The first-order chi connectivity index (χ1) is 13.2. The molecule has 0 aromatic heterocycles. The van der Waals surface area contributed by atoms with Crippen molar-refractivity contribution in [3.05, 3.63) is 29.6 Å². The third-order valence-corrected chi connectivity index (χ3v) is 5.05. The van der Waals surface area contributed by atoms with Crippen LogP contribution in [-0.2, 0) is 14.4 Å². The number of piperazine rings is 1. The number of benzene rings is 1. The van der Waals surface area contributed by atoms with Crippen molar-refractivity contribution >= 4 is 23.4 Å². The molecule has 0 unspecified atom stereocenters. The molecule has 0 radical (unpaired) electrons. The van der Waals surface area contributed by atoms with Crippen molar-refractivity contribution in [2.24, 2.45) is 0 Å². The van der Waals surface area contributed by atoms with E-state index in [1.807, 2.05) is 7.05 Å². The molecule has 3 amide bonds. The SMILES string of the molecule is CCC(=O)N[C@@H](C(=O)N1CCN(C)CC1)[C@@H](C)c1ccc(NC(C)=O)c(F)c1.